The van der Waals surface area contributed by atoms with Crippen molar-refractivity contribution in [3.8, 4) is 0 Å². The maximum Gasteiger partial charge on any atom is 0.149 e. The Kier molecular flexibility index (Phi) is 6.96. The fourth-order valence-corrected chi connectivity index (χ4v) is 1.41. The van der Waals surface area contributed by atoms with E-state index in [2.05, 4.69) is 5.16 Å². The van der Waals surface area contributed by atoms with Crippen LogP contribution in [0, 0.1) is 0 Å². The standard InChI is InChI=1S/C5H11ClN2OS/c6-2-1-3-10-4-5(7)8-9/h9H,1-4H2,(H2,7,8). The minimum atomic E-state index is 0.263. The van der Waals surface area contributed by atoms with Crippen LogP contribution < -0.4 is 5.73 Å². The van der Waals surface area contributed by atoms with Crippen LogP contribution in [-0.4, -0.2) is 28.4 Å². The molecule has 0 aromatic heterocycles. The van der Waals surface area contributed by atoms with Gasteiger partial charge in [-0.3, -0.25) is 0 Å². The minimum absolute atomic E-state index is 0.263. The second kappa shape index (κ2) is 7.02. The number of rotatable bonds is 5. The van der Waals surface area contributed by atoms with E-state index in [0.29, 0.717) is 11.6 Å². The van der Waals surface area contributed by atoms with E-state index in [4.69, 9.17) is 22.5 Å². The Hall–Kier alpha value is -0.0900. The first-order chi connectivity index (χ1) is 4.81. The monoisotopic (exact) mass is 182 g/mol. The van der Waals surface area contributed by atoms with Crippen LogP contribution in [0.15, 0.2) is 5.16 Å². The van der Waals surface area contributed by atoms with Crippen molar-refractivity contribution in [1.82, 2.24) is 0 Å². The van der Waals surface area contributed by atoms with Crippen molar-refractivity contribution >= 4 is 29.2 Å². The van der Waals surface area contributed by atoms with Gasteiger partial charge >= 0.3 is 0 Å². The molecule has 10 heavy (non-hydrogen) atoms. The summed E-state index contributed by atoms with van der Waals surface area (Å²) in [5, 5.41) is 10.9. The number of hydrogen-bond donors (Lipinski definition) is 2. The highest BCUT2D eigenvalue weighted by Crippen LogP contribution is 2.01. The van der Waals surface area contributed by atoms with Crippen molar-refractivity contribution in [2.45, 2.75) is 6.42 Å². The second-order valence-electron chi connectivity index (χ2n) is 1.69. The van der Waals surface area contributed by atoms with Gasteiger partial charge in [0, 0.05) is 5.88 Å². The van der Waals surface area contributed by atoms with Crippen LogP contribution in [0.3, 0.4) is 0 Å². The van der Waals surface area contributed by atoms with Crippen LogP contribution in [0.4, 0.5) is 0 Å². The highest BCUT2D eigenvalue weighted by atomic mass is 35.5. The number of thioether (sulfide) groups is 1. The summed E-state index contributed by atoms with van der Waals surface area (Å²) in [4.78, 5) is 0. The molecule has 0 aromatic rings. The molecule has 0 aromatic carbocycles. The molecule has 0 amide bonds. The van der Waals surface area contributed by atoms with Crippen molar-refractivity contribution < 1.29 is 5.21 Å². The fraction of sp³-hybridized carbons (Fsp3) is 0.800. The lowest BCUT2D eigenvalue weighted by molar-refractivity contribution is 0.318. The molecule has 0 aliphatic heterocycles. The van der Waals surface area contributed by atoms with Gasteiger partial charge in [-0.15, -0.1) is 11.6 Å². The number of hydrogen-bond acceptors (Lipinski definition) is 3. The summed E-state index contributed by atoms with van der Waals surface area (Å²) in [5.41, 5.74) is 5.20. The lowest BCUT2D eigenvalue weighted by Gasteiger charge is -1.96. The molecule has 0 aliphatic carbocycles. The van der Waals surface area contributed by atoms with E-state index in [1.54, 1.807) is 11.8 Å². The van der Waals surface area contributed by atoms with E-state index in [-0.39, 0.29) is 5.84 Å². The number of nitrogens with zero attached hydrogens (tertiary/aromatic N) is 1. The molecule has 60 valence electrons. The molecule has 0 heterocycles. The summed E-state index contributed by atoms with van der Waals surface area (Å²) in [6, 6.07) is 0. The first-order valence-corrected chi connectivity index (χ1v) is 4.60. The largest absolute Gasteiger partial charge is 0.409 e. The maximum atomic E-state index is 8.11. The van der Waals surface area contributed by atoms with E-state index in [0.717, 1.165) is 12.2 Å². The highest BCUT2D eigenvalue weighted by Gasteiger charge is 1.92. The summed E-state index contributed by atoms with van der Waals surface area (Å²) in [7, 11) is 0. The van der Waals surface area contributed by atoms with Crippen molar-refractivity contribution in [3.63, 3.8) is 0 Å². The van der Waals surface area contributed by atoms with E-state index in [9.17, 15) is 0 Å². The summed E-state index contributed by atoms with van der Waals surface area (Å²) >= 11 is 7.04. The molecular formula is C5H11ClN2OS. The predicted molar refractivity (Wildman–Crippen MR) is 46.1 cm³/mol. The molecule has 0 atom stereocenters. The Morgan fingerprint density at radius 3 is 2.90 bits per heavy atom. The zero-order valence-corrected chi connectivity index (χ0v) is 7.16. The van der Waals surface area contributed by atoms with Crippen LogP contribution in [0.5, 0.6) is 0 Å². The third-order valence-electron chi connectivity index (χ3n) is 0.801. The predicted octanol–water partition coefficient (Wildman–Crippen LogP) is 1.09. The molecule has 0 bridgehead atoms. The molecule has 0 unspecified atom stereocenters. The van der Waals surface area contributed by atoms with Gasteiger partial charge in [-0.05, 0) is 12.2 Å². The zero-order valence-electron chi connectivity index (χ0n) is 5.59. The van der Waals surface area contributed by atoms with Gasteiger partial charge in [-0.25, -0.2) is 0 Å². The molecule has 0 spiro atoms. The van der Waals surface area contributed by atoms with E-state index < -0.39 is 0 Å². The van der Waals surface area contributed by atoms with Gasteiger partial charge < -0.3 is 10.9 Å². The van der Waals surface area contributed by atoms with Gasteiger partial charge in [0.2, 0.25) is 0 Å². The molecule has 0 aliphatic rings. The molecule has 0 radical (unpaired) electrons. The molecule has 0 saturated heterocycles. The fourth-order valence-electron chi connectivity index (χ4n) is 0.362. The Bertz CT molecular complexity index is 110. The Labute approximate surface area is 69.6 Å². The topological polar surface area (TPSA) is 58.6 Å². The quantitative estimate of drug-likeness (QED) is 0.167. The van der Waals surface area contributed by atoms with E-state index in [1.807, 2.05) is 0 Å². The van der Waals surface area contributed by atoms with Gasteiger partial charge in [0.25, 0.3) is 0 Å². The van der Waals surface area contributed by atoms with E-state index >= 15 is 0 Å². The molecular weight excluding hydrogens is 172 g/mol. The summed E-state index contributed by atoms with van der Waals surface area (Å²) in [6.07, 6.45) is 0.963. The summed E-state index contributed by atoms with van der Waals surface area (Å²) in [6.45, 7) is 0. The van der Waals surface area contributed by atoms with Gasteiger partial charge in [-0.2, -0.15) is 11.8 Å². The summed E-state index contributed by atoms with van der Waals surface area (Å²) < 4.78 is 0. The average Bonchev–Trinajstić information content (AvgIpc) is 1.98. The molecule has 3 N–H and O–H groups in total. The first kappa shape index (κ1) is 9.91. The van der Waals surface area contributed by atoms with E-state index in [1.165, 1.54) is 0 Å². The number of amidine groups is 1. The number of halogens is 1. The third-order valence-corrected chi connectivity index (χ3v) is 2.15. The number of oxime groups is 1. The van der Waals surface area contributed by atoms with Crippen molar-refractivity contribution in [1.29, 1.82) is 0 Å². The Morgan fingerprint density at radius 1 is 1.70 bits per heavy atom. The molecule has 0 fully saturated rings. The van der Waals surface area contributed by atoms with Crippen LogP contribution in [-0.2, 0) is 0 Å². The molecule has 0 saturated carbocycles. The Morgan fingerprint density at radius 2 is 2.40 bits per heavy atom. The van der Waals surface area contributed by atoms with Crippen LogP contribution in [0.1, 0.15) is 6.42 Å². The normalized spacial score (nSPS) is 11.9. The van der Waals surface area contributed by atoms with Crippen molar-refractivity contribution in [2.75, 3.05) is 17.4 Å². The van der Waals surface area contributed by atoms with Crippen LogP contribution in [0.25, 0.3) is 0 Å². The summed E-state index contributed by atoms with van der Waals surface area (Å²) in [5.74, 6) is 2.47. The average molecular weight is 183 g/mol. The molecule has 0 rings (SSSR count). The maximum absolute atomic E-state index is 8.11. The van der Waals surface area contributed by atoms with Crippen molar-refractivity contribution in [2.24, 2.45) is 10.9 Å². The number of nitrogens with two attached hydrogens (primary N) is 1. The molecule has 3 nitrogen and oxygen atoms in total. The van der Waals surface area contributed by atoms with Crippen LogP contribution in [0.2, 0.25) is 0 Å². The lowest BCUT2D eigenvalue weighted by Crippen LogP contribution is -2.14. The van der Waals surface area contributed by atoms with Crippen molar-refractivity contribution in [3.05, 3.63) is 0 Å². The zero-order chi connectivity index (χ0) is 7.82. The van der Waals surface area contributed by atoms with Gasteiger partial charge in [-0.1, -0.05) is 5.16 Å². The van der Waals surface area contributed by atoms with Gasteiger partial charge in [0.1, 0.15) is 5.84 Å². The SMILES string of the molecule is N/C(CSCCCCl)=N\O. The van der Waals surface area contributed by atoms with Gasteiger partial charge in [0.05, 0.1) is 5.75 Å². The first-order valence-electron chi connectivity index (χ1n) is 2.91. The third kappa shape index (κ3) is 6.04. The number of alkyl halides is 1. The highest BCUT2D eigenvalue weighted by molar-refractivity contribution is 7.99. The van der Waals surface area contributed by atoms with Crippen LogP contribution >= 0.6 is 23.4 Å². The smallest absolute Gasteiger partial charge is 0.149 e. The van der Waals surface area contributed by atoms with Gasteiger partial charge in [0.15, 0.2) is 0 Å². The minimum Gasteiger partial charge on any atom is -0.409 e. The Balaban J connectivity index is 3.04. The molecule has 5 heteroatoms. The lowest BCUT2D eigenvalue weighted by atomic mass is 10.6. The second-order valence-corrected chi connectivity index (χ2v) is 3.17.